The Morgan fingerprint density at radius 3 is 2.09 bits per heavy atom. The molecule has 2 rings (SSSR count). The Hall–Kier alpha value is -2.94. The summed E-state index contributed by atoms with van der Waals surface area (Å²) in [6.07, 6.45) is 0.625. The fourth-order valence-electron chi connectivity index (χ4n) is 1.69. The van der Waals surface area contributed by atoms with E-state index in [1.54, 1.807) is 12.1 Å². The molecule has 0 atom stereocenters. The second-order valence-electron chi connectivity index (χ2n) is 4.43. The SMILES string of the molecule is C#CCOc1ccc(C(=O)Oc2ccc(C(F)(F)F)cc2)cc1. The van der Waals surface area contributed by atoms with Crippen LogP contribution >= 0.6 is 0 Å². The van der Waals surface area contributed by atoms with E-state index in [0.717, 1.165) is 24.3 Å². The van der Waals surface area contributed by atoms with Crippen LogP contribution in [-0.2, 0) is 6.18 Å². The van der Waals surface area contributed by atoms with Crippen molar-refractivity contribution in [2.75, 3.05) is 6.61 Å². The smallest absolute Gasteiger partial charge is 0.416 e. The van der Waals surface area contributed by atoms with E-state index in [9.17, 15) is 18.0 Å². The molecule has 2 aromatic rings. The molecule has 0 fully saturated rings. The Labute approximate surface area is 130 Å². The number of halogens is 3. The lowest BCUT2D eigenvalue weighted by Crippen LogP contribution is -2.09. The van der Waals surface area contributed by atoms with Gasteiger partial charge in [-0.25, -0.2) is 4.79 Å². The molecule has 0 amide bonds. The molecule has 0 aliphatic rings. The third-order valence-corrected chi connectivity index (χ3v) is 2.80. The second-order valence-corrected chi connectivity index (χ2v) is 4.43. The molecule has 2 aromatic carbocycles. The van der Waals surface area contributed by atoms with E-state index in [1.807, 2.05) is 0 Å². The van der Waals surface area contributed by atoms with Crippen LogP contribution < -0.4 is 9.47 Å². The molecule has 6 heteroatoms. The van der Waals surface area contributed by atoms with Gasteiger partial charge in [-0.1, -0.05) is 5.92 Å². The van der Waals surface area contributed by atoms with Gasteiger partial charge < -0.3 is 9.47 Å². The van der Waals surface area contributed by atoms with Gasteiger partial charge in [0.05, 0.1) is 11.1 Å². The number of rotatable bonds is 4. The minimum atomic E-state index is -4.43. The summed E-state index contributed by atoms with van der Waals surface area (Å²) in [4.78, 5) is 11.9. The Kier molecular flexibility index (Phi) is 4.91. The van der Waals surface area contributed by atoms with Gasteiger partial charge in [0, 0.05) is 0 Å². The maximum atomic E-state index is 12.4. The highest BCUT2D eigenvalue weighted by Crippen LogP contribution is 2.30. The van der Waals surface area contributed by atoms with Gasteiger partial charge in [-0.2, -0.15) is 13.2 Å². The number of esters is 1. The molecule has 0 aromatic heterocycles. The minimum absolute atomic E-state index is 0.0238. The van der Waals surface area contributed by atoms with Crippen LogP contribution in [0.5, 0.6) is 11.5 Å². The van der Waals surface area contributed by atoms with Crippen molar-refractivity contribution in [1.82, 2.24) is 0 Å². The van der Waals surface area contributed by atoms with Gasteiger partial charge in [0.25, 0.3) is 0 Å². The van der Waals surface area contributed by atoms with E-state index in [2.05, 4.69) is 5.92 Å². The van der Waals surface area contributed by atoms with Gasteiger partial charge in [0.15, 0.2) is 0 Å². The van der Waals surface area contributed by atoms with Crippen LogP contribution in [0.4, 0.5) is 13.2 Å². The van der Waals surface area contributed by atoms with E-state index in [-0.39, 0.29) is 17.9 Å². The van der Waals surface area contributed by atoms with Crippen LogP contribution in [0.2, 0.25) is 0 Å². The van der Waals surface area contributed by atoms with E-state index in [1.165, 1.54) is 12.1 Å². The normalized spacial score (nSPS) is 10.7. The maximum Gasteiger partial charge on any atom is 0.416 e. The molecule has 0 unspecified atom stereocenters. The summed E-state index contributed by atoms with van der Waals surface area (Å²) in [5.74, 6) is 2.14. The van der Waals surface area contributed by atoms with Crippen molar-refractivity contribution in [3.8, 4) is 23.8 Å². The molecule has 3 nitrogen and oxygen atoms in total. The summed E-state index contributed by atoms with van der Waals surface area (Å²) < 4.78 is 47.5. The van der Waals surface area contributed by atoms with Crippen molar-refractivity contribution >= 4 is 5.97 Å². The standard InChI is InChI=1S/C17H11F3O3/c1-2-11-22-14-7-3-12(4-8-14)16(21)23-15-9-5-13(6-10-15)17(18,19)20/h1,3-10H,11H2. The van der Waals surface area contributed by atoms with Crippen molar-refractivity contribution in [3.05, 3.63) is 59.7 Å². The first kappa shape index (κ1) is 16.4. The van der Waals surface area contributed by atoms with Crippen LogP contribution in [0, 0.1) is 12.3 Å². The number of alkyl halides is 3. The summed E-state index contributed by atoms with van der Waals surface area (Å²) in [5, 5.41) is 0. The fraction of sp³-hybridized carbons (Fsp3) is 0.118. The third kappa shape index (κ3) is 4.51. The maximum absolute atomic E-state index is 12.4. The molecule has 118 valence electrons. The number of terminal acetylenes is 1. The molecule has 0 bridgehead atoms. The molecule has 0 heterocycles. The summed E-state index contributed by atoms with van der Waals surface area (Å²) in [5.41, 5.74) is -0.578. The molecular weight excluding hydrogens is 309 g/mol. The summed E-state index contributed by atoms with van der Waals surface area (Å²) in [6, 6.07) is 9.90. The van der Waals surface area contributed by atoms with E-state index in [4.69, 9.17) is 15.9 Å². The second kappa shape index (κ2) is 6.88. The lowest BCUT2D eigenvalue weighted by Gasteiger charge is -2.08. The van der Waals surface area contributed by atoms with Crippen LogP contribution in [-0.4, -0.2) is 12.6 Å². The van der Waals surface area contributed by atoms with E-state index >= 15 is 0 Å². The molecule has 0 aliphatic carbocycles. The number of ether oxygens (including phenoxy) is 2. The highest BCUT2D eigenvalue weighted by Gasteiger charge is 2.30. The number of carbonyl (C=O) groups excluding carboxylic acids is 1. The van der Waals surface area contributed by atoms with Crippen LogP contribution in [0.1, 0.15) is 15.9 Å². The molecule has 0 saturated carbocycles. The zero-order valence-electron chi connectivity index (χ0n) is 11.8. The summed E-state index contributed by atoms with van der Waals surface area (Å²) >= 11 is 0. The lowest BCUT2D eigenvalue weighted by molar-refractivity contribution is -0.137. The molecule has 0 saturated heterocycles. The van der Waals surface area contributed by atoms with Crippen LogP contribution in [0.25, 0.3) is 0 Å². The first-order valence-electron chi connectivity index (χ1n) is 6.46. The first-order chi connectivity index (χ1) is 10.9. The number of carbonyl (C=O) groups is 1. The van der Waals surface area contributed by atoms with Gasteiger partial charge in [0.2, 0.25) is 0 Å². The summed E-state index contributed by atoms with van der Waals surface area (Å²) in [6.45, 7) is 0.106. The first-order valence-corrected chi connectivity index (χ1v) is 6.46. The van der Waals surface area contributed by atoms with Crippen molar-refractivity contribution in [1.29, 1.82) is 0 Å². The van der Waals surface area contributed by atoms with Gasteiger partial charge in [-0.3, -0.25) is 0 Å². The van der Waals surface area contributed by atoms with Gasteiger partial charge in [-0.15, -0.1) is 6.42 Å². The van der Waals surface area contributed by atoms with Crippen LogP contribution in [0.3, 0.4) is 0 Å². The van der Waals surface area contributed by atoms with Crippen LogP contribution in [0.15, 0.2) is 48.5 Å². The Balaban J connectivity index is 2.03. The largest absolute Gasteiger partial charge is 0.481 e. The zero-order chi connectivity index (χ0) is 16.9. The fourth-order valence-corrected chi connectivity index (χ4v) is 1.69. The predicted octanol–water partition coefficient (Wildman–Crippen LogP) is 3.94. The summed E-state index contributed by atoms with van der Waals surface area (Å²) in [7, 11) is 0. The van der Waals surface area contributed by atoms with E-state index in [0.29, 0.717) is 5.75 Å². The zero-order valence-corrected chi connectivity index (χ0v) is 11.8. The molecule has 0 N–H and O–H groups in total. The average Bonchev–Trinajstić information content (AvgIpc) is 2.53. The lowest BCUT2D eigenvalue weighted by atomic mass is 10.2. The molecule has 0 spiro atoms. The number of hydrogen-bond acceptors (Lipinski definition) is 3. The van der Waals surface area contributed by atoms with Crippen molar-refractivity contribution < 1.29 is 27.4 Å². The highest BCUT2D eigenvalue weighted by molar-refractivity contribution is 5.91. The monoisotopic (exact) mass is 320 g/mol. The average molecular weight is 320 g/mol. The topological polar surface area (TPSA) is 35.5 Å². The Morgan fingerprint density at radius 2 is 1.57 bits per heavy atom. The number of benzene rings is 2. The molecule has 23 heavy (non-hydrogen) atoms. The third-order valence-electron chi connectivity index (χ3n) is 2.80. The van der Waals surface area contributed by atoms with Crippen molar-refractivity contribution in [2.45, 2.75) is 6.18 Å². The quantitative estimate of drug-likeness (QED) is 0.486. The minimum Gasteiger partial charge on any atom is -0.481 e. The van der Waals surface area contributed by atoms with Crippen molar-refractivity contribution in [2.24, 2.45) is 0 Å². The number of hydrogen-bond donors (Lipinski definition) is 0. The van der Waals surface area contributed by atoms with Gasteiger partial charge in [-0.05, 0) is 48.5 Å². The molecule has 0 aliphatic heterocycles. The van der Waals surface area contributed by atoms with Crippen molar-refractivity contribution in [3.63, 3.8) is 0 Å². The van der Waals surface area contributed by atoms with Gasteiger partial charge in [0.1, 0.15) is 18.1 Å². The highest BCUT2D eigenvalue weighted by atomic mass is 19.4. The predicted molar refractivity (Wildman–Crippen MR) is 77.2 cm³/mol. The van der Waals surface area contributed by atoms with E-state index < -0.39 is 17.7 Å². The Morgan fingerprint density at radius 1 is 1.00 bits per heavy atom. The van der Waals surface area contributed by atoms with Gasteiger partial charge >= 0.3 is 12.1 Å². The molecular formula is C17H11F3O3. The Bertz CT molecular complexity index is 711. The molecule has 0 radical (unpaired) electrons.